The van der Waals surface area contributed by atoms with Crippen LogP contribution in [0.2, 0.25) is 0 Å². The third kappa shape index (κ3) is 5.11. The molecule has 11 heteroatoms. The maximum Gasteiger partial charge on any atom is 0.319 e. The highest BCUT2D eigenvalue weighted by molar-refractivity contribution is 6.04. The first-order chi connectivity index (χ1) is 21.8. The highest BCUT2D eigenvalue weighted by Gasteiger charge is 2.49. The summed E-state index contributed by atoms with van der Waals surface area (Å²) >= 11 is 0. The van der Waals surface area contributed by atoms with Crippen LogP contribution in [0.15, 0.2) is 36.4 Å². The zero-order valence-electron chi connectivity index (χ0n) is 24.9. The molecule has 3 aliphatic rings. The number of fused-ring (bicyclic) bond motifs is 3. The lowest BCUT2D eigenvalue weighted by Crippen LogP contribution is -2.48. The van der Waals surface area contributed by atoms with Gasteiger partial charge in [0.15, 0.2) is 5.82 Å². The van der Waals surface area contributed by atoms with Crippen molar-refractivity contribution in [2.24, 2.45) is 0 Å². The highest BCUT2D eigenvalue weighted by atomic mass is 19.1. The molecule has 3 atom stereocenters. The summed E-state index contributed by atoms with van der Waals surface area (Å²) in [6.45, 7) is 3.01. The minimum atomic E-state index is -0.931. The fourth-order valence-corrected chi connectivity index (χ4v) is 7.31. The van der Waals surface area contributed by atoms with Crippen LogP contribution in [0.5, 0.6) is 11.8 Å². The van der Waals surface area contributed by atoms with Crippen molar-refractivity contribution in [3.05, 3.63) is 53.6 Å². The fraction of sp³-hybridized carbons (Fsp3) is 0.412. The summed E-state index contributed by atoms with van der Waals surface area (Å²) in [4.78, 5) is 13.5. The van der Waals surface area contributed by atoms with Crippen molar-refractivity contribution in [1.29, 1.82) is 0 Å². The normalized spacial score (nSPS) is 23.5. The van der Waals surface area contributed by atoms with E-state index in [0.717, 1.165) is 19.4 Å². The number of phenols is 1. The number of rotatable bonds is 7. The van der Waals surface area contributed by atoms with Gasteiger partial charge in [0.05, 0.1) is 37.0 Å². The average Bonchev–Trinajstić information content (AvgIpc) is 3.56. The Hall–Kier alpha value is -4.11. The molecule has 4 aromatic rings. The molecule has 0 aliphatic carbocycles. The van der Waals surface area contributed by atoms with Gasteiger partial charge in [-0.15, -0.1) is 6.42 Å². The van der Waals surface area contributed by atoms with E-state index in [1.54, 1.807) is 19.2 Å². The number of benzene rings is 3. The standard InChI is InChI=1S/C34H33F3N4O4/c1-3-24-28(36)8-5-20-13-23(42)14-27(29(20)24)25-6-7-26-31(30(25)37)38-33(39-32(26)41-11-12-44-18-22(41)17-43-2)45-19-34-9-4-10-40(34)16-21(35)15-34/h1,5-8,13-14,21-22,42H,4,9-12,15-19H2,2H3/t21-,22+,34+/m1/s1. The van der Waals surface area contributed by atoms with Crippen LogP contribution in [0.1, 0.15) is 24.8 Å². The molecule has 0 amide bonds. The van der Waals surface area contributed by atoms with Gasteiger partial charge < -0.3 is 24.2 Å². The summed E-state index contributed by atoms with van der Waals surface area (Å²) in [6.07, 6.45) is 6.86. The summed E-state index contributed by atoms with van der Waals surface area (Å²) < 4.78 is 63.5. The molecule has 7 rings (SSSR count). The van der Waals surface area contributed by atoms with E-state index in [4.69, 9.17) is 25.6 Å². The van der Waals surface area contributed by atoms with Gasteiger partial charge in [0.2, 0.25) is 0 Å². The van der Waals surface area contributed by atoms with E-state index in [9.17, 15) is 13.9 Å². The smallest absolute Gasteiger partial charge is 0.319 e. The monoisotopic (exact) mass is 618 g/mol. The van der Waals surface area contributed by atoms with Gasteiger partial charge in [-0.05, 0) is 54.6 Å². The molecule has 3 fully saturated rings. The minimum absolute atomic E-state index is 0.0131. The van der Waals surface area contributed by atoms with Gasteiger partial charge in [0.1, 0.15) is 35.7 Å². The first-order valence-electron chi connectivity index (χ1n) is 15.1. The summed E-state index contributed by atoms with van der Waals surface area (Å²) in [5.41, 5.74) is -0.197. The molecule has 0 bridgehead atoms. The first-order valence-corrected chi connectivity index (χ1v) is 15.1. The molecule has 8 nitrogen and oxygen atoms in total. The number of nitrogens with zero attached hydrogens (tertiary/aromatic N) is 4. The maximum absolute atomic E-state index is 16.8. The number of anilines is 1. The van der Waals surface area contributed by atoms with Crippen molar-refractivity contribution < 1.29 is 32.5 Å². The van der Waals surface area contributed by atoms with Crippen LogP contribution in [0.3, 0.4) is 0 Å². The third-order valence-corrected chi connectivity index (χ3v) is 9.34. The van der Waals surface area contributed by atoms with Crippen LogP contribution in [-0.2, 0) is 9.47 Å². The van der Waals surface area contributed by atoms with Crippen molar-refractivity contribution in [3.8, 4) is 35.2 Å². The third-order valence-electron chi connectivity index (χ3n) is 9.34. The number of aromatic hydroxyl groups is 1. The van der Waals surface area contributed by atoms with Crippen molar-refractivity contribution in [1.82, 2.24) is 14.9 Å². The van der Waals surface area contributed by atoms with Crippen LogP contribution in [0.4, 0.5) is 19.0 Å². The van der Waals surface area contributed by atoms with Gasteiger partial charge in [0, 0.05) is 43.0 Å². The molecule has 1 N–H and O–H groups in total. The second-order valence-corrected chi connectivity index (χ2v) is 12.1. The topological polar surface area (TPSA) is 80.2 Å². The average molecular weight is 619 g/mol. The molecule has 4 heterocycles. The quantitative estimate of drug-likeness (QED) is 0.283. The van der Waals surface area contributed by atoms with Gasteiger partial charge in [-0.25, -0.2) is 13.2 Å². The molecule has 234 valence electrons. The lowest BCUT2D eigenvalue weighted by Gasteiger charge is -2.36. The molecular formula is C34H33F3N4O4. The number of ether oxygens (including phenoxy) is 3. The molecule has 0 unspecified atom stereocenters. The minimum Gasteiger partial charge on any atom is -0.508 e. The molecule has 1 aromatic heterocycles. The van der Waals surface area contributed by atoms with E-state index >= 15 is 4.39 Å². The molecule has 0 spiro atoms. The fourth-order valence-electron chi connectivity index (χ4n) is 7.31. The Morgan fingerprint density at radius 1 is 1.16 bits per heavy atom. The van der Waals surface area contributed by atoms with E-state index in [1.165, 1.54) is 24.3 Å². The van der Waals surface area contributed by atoms with E-state index < -0.39 is 23.3 Å². The van der Waals surface area contributed by atoms with E-state index in [2.05, 4.69) is 15.8 Å². The van der Waals surface area contributed by atoms with Crippen LogP contribution in [-0.4, -0.2) is 90.9 Å². The molecule has 3 saturated heterocycles. The van der Waals surface area contributed by atoms with Crippen molar-refractivity contribution >= 4 is 27.5 Å². The van der Waals surface area contributed by atoms with Gasteiger partial charge >= 0.3 is 6.01 Å². The predicted octanol–water partition coefficient (Wildman–Crippen LogP) is 5.22. The molecular weight excluding hydrogens is 585 g/mol. The Labute approximate surface area is 258 Å². The van der Waals surface area contributed by atoms with Gasteiger partial charge in [-0.1, -0.05) is 18.1 Å². The zero-order chi connectivity index (χ0) is 31.3. The predicted molar refractivity (Wildman–Crippen MR) is 164 cm³/mol. The number of hydrogen-bond donors (Lipinski definition) is 1. The lowest BCUT2D eigenvalue weighted by molar-refractivity contribution is 0.0597. The van der Waals surface area contributed by atoms with Crippen molar-refractivity contribution in [3.63, 3.8) is 0 Å². The Morgan fingerprint density at radius 3 is 2.84 bits per heavy atom. The Balaban J connectivity index is 1.39. The van der Waals surface area contributed by atoms with Crippen molar-refractivity contribution in [2.45, 2.75) is 37.0 Å². The Bertz CT molecular complexity index is 1830. The van der Waals surface area contributed by atoms with Crippen LogP contribution in [0.25, 0.3) is 32.8 Å². The number of morpholine rings is 1. The molecule has 0 radical (unpaired) electrons. The number of aromatic nitrogens is 2. The number of hydrogen-bond acceptors (Lipinski definition) is 8. The second kappa shape index (κ2) is 11.7. The Kier molecular flexibility index (Phi) is 7.68. The van der Waals surface area contributed by atoms with Crippen molar-refractivity contribution in [2.75, 3.05) is 58.1 Å². The molecule has 0 saturated carbocycles. The summed E-state index contributed by atoms with van der Waals surface area (Å²) in [5.74, 6) is 1.38. The number of alkyl halides is 1. The zero-order valence-corrected chi connectivity index (χ0v) is 24.9. The van der Waals surface area contributed by atoms with Gasteiger partial charge in [0.25, 0.3) is 0 Å². The van der Waals surface area contributed by atoms with E-state index in [1.807, 2.05) is 4.90 Å². The molecule has 3 aromatic carbocycles. The van der Waals surface area contributed by atoms with Crippen LogP contribution < -0.4 is 9.64 Å². The van der Waals surface area contributed by atoms with Gasteiger partial charge in [-0.3, -0.25) is 4.90 Å². The maximum atomic E-state index is 16.8. The number of halogens is 3. The summed E-state index contributed by atoms with van der Waals surface area (Å²) in [5, 5.41) is 11.7. The molecule has 3 aliphatic heterocycles. The largest absolute Gasteiger partial charge is 0.508 e. The Morgan fingerprint density at radius 2 is 2.02 bits per heavy atom. The van der Waals surface area contributed by atoms with E-state index in [0.29, 0.717) is 61.3 Å². The first kappa shape index (κ1) is 29.6. The number of phenolic OH excluding ortho intramolecular Hbond substituents is 1. The number of methoxy groups -OCH3 is 1. The SMILES string of the molecule is C#Cc1c(F)ccc2cc(O)cc(-c3ccc4c(N5CCOC[C@@H]5COC)nc(OC[C@@]56CCCN5C[C@H](F)C6)nc4c3F)c12. The van der Waals surface area contributed by atoms with Gasteiger partial charge in [-0.2, -0.15) is 9.97 Å². The summed E-state index contributed by atoms with van der Waals surface area (Å²) in [6, 6.07) is 8.57. The van der Waals surface area contributed by atoms with E-state index in [-0.39, 0.29) is 46.6 Å². The molecule has 45 heavy (non-hydrogen) atoms. The van der Waals surface area contributed by atoms with Crippen LogP contribution >= 0.6 is 0 Å². The number of terminal acetylenes is 1. The second-order valence-electron chi connectivity index (χ2n) is 12.1. The lowest BCUT2D eigenvalue weighted by atomic mass is 9.93. The van der Waals surface area contributed by atoms with Crippen LogP contribution in [0, 0.1) is 24.0 Å². The summed E-state index contributed by atoms with van der Waals surface area (Å²) in [7, 11) is 1.60. The highest BCUT2D eigenvalue weighted by Crippen LogP contribution is 2.42.